The number of carbonyl (C=O) groups excluding carboxylic acids is 1. The fourth-order valence-electron chi connectivity index (χ4n) is 2.67. The second kappa shape index (κ2) is 6.83. The number of hydrogen-bond acceptors (Lipinski definition) is 5. The Labute approximate surface area is 120 Å². The maximum absolute atomic E-state index is 11.8. The van der Waals surface area contributed by atoms with Crippen molar-refractivity contribution >= 4 is 5.97 Å². The highest BCUT2D eigenvalue weighted by Crippen LogP contribution is 2.20. The molecule has 0 aliphatic carbocycles. The van der Waals surface area contributed by atoms with Crippen molar-refractivity contribution in [2.24, 2.45) is 5.92 Å². The SMILES string of the molecule is CCOC(=O)[C@@H]1CCCN(Cc2ncnn2C(C)C)C1. The van der Waals surface area contributed by atoms with Gasteiger partial charge in [0.15, 0.2) is 0 Å². The number of nitrogens with zero attached hydrogens (tertiary/aromatic N) is 4. The first-order valence-corrected chi connectivity index (χ1v) is 7.39. The van der Waals surface area contributed by atoms with Gasteiger partial charge in [-0.25, -0.2) is 9.67 Å². The van der Waals surface area contributed by atoms with Gasteiger partial charge in [0, 0.05) is 12.6 Å². The molecule has 20 heavy (non-hydrogen) atoms. The molecule has 1 aromatic heterocycles. The van der Waals surface area contributed by atoms with Gasteiger partial charge in [0.05, 0.1) is 19.1 Å². The summed E-state index contributed by atoms with van der Waals surface area (Å²) in [5, 5.41) is 4.25. The summed E-state index contributed by atoms with van der Waals surface area (Å²) in [5.41, 5.74) is 0. The third-order valence-electron chi connectivity index (χ3n) is 3.63. The third-order valence-corrected chi connectivity index (χ3v) is 3.63. The van der Waals surface area contributed by atoms with Crippen LogP contribution in [-0.2, 0) is 16.1 Å². The minimum atomic E-state index is -0.0671. The summed E-state index contributed by atoms with van der Waals surface area (Å²) in [6.07, 6.45) is 3.55. The van der Waals surface area contributed by atoms with Crippen LogP contribution in [-0.4, -0.2) is 45.3 Å². The van der Waals surface area contributed by atoms with Gasteiger partial charge in [-0.05, 0) is 40.2 Å². The number of aromatic nitrogens is 3. The quantitative estimate of drug-likeness (QED) is 0.767. The van der Waals surface area contributed by atoms with Gasteiger partial charge >= 0.3 is 5.97 Å². The normalized spacial score (nSPS) is 20.3. The average Bonchev–Trinajstić information content (AvgIpc) is 2.87. The molecule has 0 radical (unpaired) electrons. The third kappa shape index (κ3) is 3.56. The Kier molecular flexibility index (Phi) is 5.11. The smallest absolute Gasteiger partial charge is 0.310 e. The van der Waals surface area contributed by atoms with Crippen LogP contribution in [0.5, 0.6) is 0 Å². The fourth-order valence-corrected chi connectivity index (χ4v) is 2.67. The van der Waals surface area contributed by atoms with Gasteiger partial charge in [-0.1, -0.05) is 0 Å². The standard InChI is InChI=1S/C14H24N4O2/c1-4-20-14(19)12-6-5-7-17(8-12)9-13-15-10-16-18(13)11(2)3/h10-12H,4-9H2,1-3H3/t12-/m1/s1. The van der Waals surface area contributed by atoms with Crippen molar-refractivity contribution in [3.8, 4) is 0 Å². The Morgan fingerprint density at radius 1 is 1.55 bits per heavy atom. The number of piperidine rings is 1. The number of hydrogen-bond donors (Lipinski definition) is 0. The zero-order valence-electron chi connectivity index (χ0n) is 12.6. The lowest BCUT2D eigenvalue weighted by atomic mass is 9.98. The highest BCUT2D eigenvalue weighted by Gasteiger charge is 2.27. The monoisotopic (exact) mass is 280 g/mol. The molecule has 2 rings (SSSR count). The van der Waals surface area contributed by atoms with E-state index in [4.69, 9.17) is 4.74 Å². The van der Waals surface area contributed by atoms with E-state index in [2.05, 4.69) is 28.8 Å². The minimum Gasteiger partial charge on any atom is -0.466 e. The Morgan fingerprint density at radius 2 is 2.35 bits per heavy atom. The Morgan fingerprint density at radius 3 is 3.05 bits per heavy atom. The molecule has 0 saturated carbocycles. The van der Waals surface area contributed by atoms with E-state index < -0.39 is 0 Å². The highest BCUT2D eigenvalue weighted by atomic mass is 16.5. The van der Waals surface area contributed by atoms with E-state index in [1.165, 1.54) is 0 Å². The molecule has 1 aromatic rings. The van der Waals surface area contributed by atoms with Crippen LogP contribution in [0.25, 0.3) is 0 Å². The van der Waals surface area contributed by atoms with Gasteiger partial charge in [-0.15, -0.1) is 0 Å². The van der Waals surface area contributed by atoms with E-state index in [1.807, 2.05) is 11.6 Å². The Balaban J connectivity index is 1.96. The van der Waals surface area contributed by atoms with Crippen LogP contribution in [0.2, 0.25) is 0 Å². The van der Waals surface area contributed by atoms with Gasteiger partial charge < -0.3 is 4.74 Å². The van der Waals surface area contributed by atoms with Gasteiger partial charge in [0.25, 0.3) is 0 Å². The molecule has 0 aromatic carbocycles. The van der Waals surface area contributed by atoms with Crippen molar-refractivity contribution in [3.63, 3.8) is 0 Å². The van der Waals surface area contributed by atoms with Gasteiger partial charge in [0.2, 0.25) is 0 Å². The van der Waals surface area contributed by atoms with Gasteiger partial charge in [-0.3, -0.25) is 9.69 Å². The molecule has 1 fully saturated rings. The van der Waals surface area contributed by atoms with Crippen molar-refractivity contribution in [1.29, 1.82) is 0 Å². The Hall–Kier alpha value is -1.43. The number of ether oxygens (including phenoxy) is 1. The lowest BCUT2D eigenvalue weighted by Gasteiger charge is -2.31. The van der Waals surface area contributed by atoms with Crippen molar-refractivity contribution in [1.82, 2.24) is 19.7 Å². The molecule has 2 heterocycles. The molecule has 0 unspecified atom stereocenters. The summed E-state index contributed by atoms with van der Waals surface area (Å²) in [6, 6.07) is 0.304. The Bertz CT molecular complexity index is 444. The molecule has 1 aliphatic heterocycles. The summed E-state index contributed by atoms with van der Waals surface area (Å²) in [6.45, 7) is 8.99. The van der Waals surface area contributed by atoms with Crippen LogP contribution >= 0.6 is 0 Å². The van der Waals surface area contributed by atoms with E-state index in [0.717, 1.165) is 38.3 Å². The summed E-state index contributed by atoms with van der Waals surface area (Å²) in [5.74, 6) is 0.895. The molecule has 6 nitrogen and oxygen atoms in total. The lowest BCUT2D eigenvalue weighted by molar-refractivity contribution is -0.150. The van der Waals surface area contributed by atoms with E-state index in [1.54, 1.807) is 6.33 Å². The predicted molar refractivity (Wildman–Crippen MR) is 75.0 cm³/mol. The largest absolute Gasteiger partial charge is 0.466 e. The maximum atomic E-state index is 11.8. The molecule has 6 heteroatoms. The molecule has 1 aliphatic rings. The first-order chi connectivity index (χ1) is 9.61. The number of carbonyl (C=O) groups is 1. The maximum Gasteiger partial charge on any atom is 0.310 e. The summed E-state index contributed by atoms with van der Waals surface area (Å²) >= 11 is 0. The molecule has 0 bridgehead atoms. The van der Waals surface area contributed by atoms with Crippen LogP contribution in [0.4, 0.5) is 0 Å². The first-order valence-electron chi connectivity index (χ1n) is 7.39. The van der Waals surface area contributed by atoms with Crippen LogP contribution in [0.15, 0.2) is 6.33 Å². The zero-order chi connectivity index (χ0) is 14.5. The highest BCUT2D eigenvalue weighted by molar-refractivity contribution is 5.72. The van der Waals surface area contributed by atoms with Crippen LogP contribution in [0.1, 0.15) is 45.5 Å². The summed E-state index contributed by atoms with van der Waals surface area (Å²) in [4.78, 5) is 18.4. The second-order valence-corrected chi connectivity index (χ2v) is 5.54. The van der Waals surface area contributed by atoms with Crippen molar-refractivity contribution in [2.75, 3.05) is 19.7 Å². The number of likely N-dealkylation sites (tertiary alicyclic amines) is 1. The van der Waals surface area contributed by atoms with E-state index >= 15 is 0 Å². The van der Waals surface area contributed by atoms with E-state index in [0.29, 0.717) is 12.6 Å². The van der Waals surface area contributed by atoms with Crippen LogP contribution in [0.3, 0.4) is 0 Å². The van der Waals surface area contributed by atoms with E-state index in [-0.39, 0.29) is 11.9 Å². The lowest BCUT2D eigenvalue weighted by Crippen LogP contribution is -2.39. The molecule has 0 N–H and O–H groups in total. The molecule has 0 amide bonds. The molecule has 1 atom stereocenters. The summed E-state index contributed by atoms with van der Waals surface area (Å²) in [7, 11) is 0. The van der Waals surface area contributed by atoms with Crippen molar-refractivity contribution < 1.29 is 9.53 Å². The molecule has 112 valence electrons. The zero-order valence-corrected chi connectivity index (χ0v) is 12.6. The van der Waals surface area contributed by atoms with E-state index in [9.17, 15) is 4.79 Å². The van der Waals surface area contributed by atoms with Crippen molar-refractivity contribution in [2.45, 2.75) is 46.2 Å². The molecule has 0 spiro atoms. The summed E-state index contributed by atoms with van der Waals surface area (Å²) < 4.78 is 7.07. The molecular weight excluding hydrogens is 256 g/mol. The second-order valence-electron chi connectivity index (χ2n) is 5.54. The fraction of sp³-hybridized carbons (Fsp3) is 0.786. The van der Waals surface area contributed by atoms with Crippen LogP contribution < -0.4 is 0 Å². The number of esters is 1. The minimum absolute atomic E-state index is 0.000813. The molecular formula is C14H24N4O2. The molecule has 1 saturated heterocycles. The van der Waals surface area contributed by atoms with Gasteiger partial charge in [-0.2, -0.15) is 5.10 Å². The van der Waals surface area contributed by atoms with Crippen LogP contribution in [0, 0.1) is 5.92 Å². The van der Waals surface area contributed by atoms with Crippen molar-refractivity contribution in [3.05, 3.63) is 12.2 Å². The first kappa shape index (κ1) is 15.0. The topological polar surface area (TPSA) is 60.2 Å². The predicted octanol–water partition coefficient (Wildman–Crippen LogP) is 1.63. The van der Waals surface area contributed by atoms with Gasteiger partial charge in [0.1, 0.15) is 12.2 Å². The number of rotatable bonds is 5. The average molecular weight is 280 g/mol.